The highest BCUT2D eigenvalue weighted by molar-refractivity contribution is 7.17. The fraction of sp³-hybridized carbons (Fsp3) is 0.111. The highest BCUT2D eigenvalue weighted by Crippen LogP contribution is 2.43. The molecule has 9 heteroatoms. The number of aromatic amines is 1. The molecule has 0 aliphatic carbocycles. The first-order valence-electron chi connectivity index (χ1n) is 11.3. The largest absolute Gasteiger partial charge is 0.503 e. The zero-order valence-corrected chi connectivity index (χ0v) is 20.2. The molecule has 0 bridgehead atoms. The number of nitrogens with one attached hydrogen (secondary N) is 1. The zero-order valence-electron chi connectivity index (χ0n) is 19.4. The number of imidazole rings is 1. The van der Waals surface area contributed by atoms with E-state index in [4.69, 9.17) is 4.42 Å². The molecule has 36 heavy (non-hydrogen) atoms. The van der Waals surface area contributed by atoms with Crippen LogP contribution in [0.2, 0.25) is 0 Å². The first-order chi connectivity index (χ1) is 17.4. The summed E-state index contributed by atoms with van der Waals surface area (Å²) in [6, 6.07) is 17.6. The summed E-state index contributed by atoms with van der Waals surface area (Å²) >= 11 is 1.22. The Hall–Kier alpha value is -4.50. The Morgan fingerprint density at radius 2 is 1.89 bits per heavy atom. The molecule has 0 saturated carbocycles. The molecular weight excluding hydrogens is 476 g/mol. The monoisotopic (exact) mass is 496 g/mol. The molecule has 2 aromatic carbocycles. The Bertz CT molecular complexity index is 1660. The third kappa shape index (κ3) is 3.44. The van der Waals surface area contributed by atoms with Crippen molar-refractivity contribution in [3.63, 3.8) is 0 Å². The Morgan fingerprint density at radius 3 is 2.64 bits per heavy atom. The number of anilines is 1. The van der Waals surface area contributed by atoms with Gasteiger partial charge in [0.15, 0.2) is 5.76 Å². The molecule has 1 aliphatic rings. The number of H-pyrrole nitrogens is 1. The zero-order chi connectivity index (χ0) is 25.0. The number of hydrogen-bond donors (Lipinski definition) is 2. The topological polar surface area (TPSA) is 112 Å². The van der Waals surface area contributed by atoms with Crippen molar-refractivity contribution in [3.05, 3.63) is 100 Å². The van der Waals surface area contributed by atoms with Crippen LogP contribution in [0.3, 0.4) is 0 Å². The van der Waals surface area contributed by atoms with Crippen molar-refractivity contribution in [3.8, 4) is 10.6 Å². The number of aryl methyl sites for hydroxylation is 2. The first-order valence-corrected chi connectivity index (χ1v) is 12.1. The maximum Gasteiger partial charge on any atom is 0.296 e. The van der Waals surface area contributed by atoms with Crippen LogP contribution in [0.15, 0.2) is 82.7 Å². The van der Waals surface area contributed by atoms with E-state index in [0.29, 0.717) is 26.9 Å². The van der Waals surface area contributed by atoms with Crippen molar-refractivity contribution in [1.82, 2.24) is 15.0 Å². The lowest BCUT2D eigenvalue weighted by Gasteiger charge is -2.22. The second-order valence-electron chi connectivity index (χ2n) is 8.57. The number of carbonyl (C=O) groups excluding carboxylic acids is 2. The van der Waals surface area contributed by atoms with Gasteiger partial charge in [0.2, 0.25) is 11.7 Å². The second-order valence-corrected chi connectivity index (χ2v) is 9.56. The number of rotatable bonds is 5. The van der Waals surface area contributed by atoms with Gasteiger partial charge in [-0.2, -0.15) is 0 Å². The Kier molecular flexibility index (Phi) is 5.08. The molecule has 5 aromatic rings. The van der Waals surface area contributed by atoms with Crippen LogP contribution >= 0.6 is 11.3 Å². The third-order valence-corrected chi connectivity index (χ3v) is 7.35. The van der Waals surface area contributed by atoms with Crippen molar-refractivity contribution in [2.24, 2.45) is 0 Å². The van der Waals surface area contributed by atoms with E-state index in [1.807, 2.05) is 55.5 Å². The molecule has 0 saturated heterocycles. The van der Waals surface area contributed by atoms with E-state index < -0.39 is 23.5 Å². The molecule has 8 nitrogen and oxygen atoms in total. The van der Waals surface area contributed by atoms with Crippen LogP contribution in [-0.4, -0.2) is 31.7 Å². The van der Waals surface area contributed by atoms with Crippen molar-refractivity contribution in [2.75, 3.05) is 4.90 Å². The van der Waals surface area contributed by atoms with Crippen LogP contribution in [0.4, 0.5) is 5.95 Å². The lowest BCUT2D eigenvalue weighted by Crippen LogP contribution is -2.31. The van der Waals surface area contributed by atoms with Crippen molar-refractivity contribution >= 4 is 40.0 Å². The second kappa shape index (κ2) is 8.31. The number of thiazole rings is 1. The number of carbonyl (C=O) groups is 2. The average Bonchev–Trinajstić information content (AvgIpc) is 3.66. The molecule has 1 atom stereocenters. The number of aliphatic hydroxyl groups excluding tert-OH is 1. The number of fused-ring (bicyclic) bond motifs is 1. The minimum absolute atomic E-state index is 0.0713. The highest BCUT2D eigenvalue weighted by Gasteiger charge is 2.48. The Balaban J connectivity index is 1.46. The summed E-state index contributed by atoms with van der Waals surface area (Å²) in [5.74, 6) is -1.30. The standard InChI is InChI=1S/C27H20N4O4S/c1-14-10-11-17-18(13-14)30-27(29-17)31-21(19-9-6-12-35-19)20(23(33)26(31)34)22(32)24-15(2)28-25(36-24)16-7-4-3-5-8-16/h3-13,21,33H,1-2H3,(H,29,30). The van der Waals surface area contributed by atoms with E-state index >= 15 is 0 Å². The summed E-state index contributed by atoms with van der Waals surface area (Å²) in [5, 5.41) is 11.7. The van der Waals surface area contributed by atoms with E-state index in [-0.39, 0.29) is 11.5 Å². The average molecular weight is 497 g/mol. The molecule has 1 unspecified atom stereocenters. The number of furan rings is 1. The summed E-state index contributed by atoms with van der Waals surface area (Å²) < 4.78 is 5.63. The van der Waals surface area contributed by atoms with Crippen molar-refractivity contribution in [2.45, 2.75) is 19.9 Å². The van der Waals surface area contributed by atoms with E-state index in [1.165, 1.54) is 22.5 Å². The van der Waals surface area contributed by atoms with Crippen LogP contribution in [0.25, 0.3) is 21.6 Å². The quantitative estimate of drug-likeness (QED) is 0.303. The van der Waals surface area contributed by atoms with Gasteiger partial charge in [0.1, 0.15) is 16.8 Å². The van der Waals surface area contributed by atoms with Gasteiger partial charge in [-0.25, -0.2) is 9.97 Å². The predicted molar refractivity (Wildman–Crippen MR) is 136 cm³/mol. The van der Waals surface area contributed by atoms with Gasteiger partial charge in [-0.1, -0.05) is 36.4 Å². The Labute approximate surface area is 209 Å². The molecular formula is C27H20N4O4S. The van der Waals surface area contributed by atoms with Gasteiger partial charge in [0.25, 0.3) is 5.91 Å². The number of Topliss-reactive ketones (excluding diaryl/α,β-unsaturated/α-hetero) is 1. The van der Waals surface area contributed by atoms with Gasteiger partial charge >= 0.3 is 0 Å². The highest BCUT2D eigenvalue weighted by atomic mass is 32.1. The first kappa shape index (κ1) is 22.0. The molecule has 0 spiro atoms. The maximum atomic E-state index is 13.9. The van der Waals surface area contributed by atoms with Gasteiger partial charge in [0, 0.05) is 5.56 Å². The number of nitrogens with zero attached hydrogens (tertiary/aromatic N) is 3. The van der Waals surface area contributed by atoms with Crippen LogP contribution in [0.1, 0.15) is 32.7 Å². The molecule has 6 rings (SSSR count). The van der Waals surface area contributed by atoms with E-state index in [0.717, 1.165) is 16.6 Å². The minimum Gasteiger partial charge on any atom is -0.503 e. The van der Waals surface area contributed by atoms with E-state index in [9.17, 15) is 14.7 Å². The number of hydrogen-bond acceptors (Lipinski definition) is 7. The van der Waals surface area contributed by atoms with Crippen molar-refractivity contribution < 1.29 is 19.1 Å². The number of amides is 1. The Morgan fingerprint density at radius 1 is 1.08 bits per heavy atom. The van der Waals surface area contributed by atoms with Gasteiger partial charge in [-0.05, 0) is 43.7 Å². The summed E-state index contributed by atoms with van der Waals surface area (Å²) in [4.78, 5) is 41.1. The normalized spacial score (nSPS) is 15.9. The SMILES string of the molecule is Cc1ccc2nc(N3C(=O)C(O)=C(C(=O)c4sc(-c5ccccc5)nc4C)C3c3ccco3)[nH]c2c1. The summed E-state index contributed by atoms with van der Waals surface area (Å²) in [5.41, 5.74) is 3.75. The molecule has 2 N–H and O–H groups in total. The van der Waals surface area contributed by atoms with Crippen LogP contribution in [0.5, 0.6) is 0 Å². The molecule has 1 amide bonds. The molecule has 0 fully saturated rings. The lowest BCUT2D eigenvalue weighted by molar-refractivity contribution is -0.117. The summed E-state index contributed by atoms with van der Waals surface area (Å²) in [6.45, 7) is 3.70. The minimum atomic E-state index is -0.997. The summed E-state index contributed by atoms with van der Waals surface area (Å²) in [6.07, 6.45) is 1.46. The van der Waals surface area contributed by atoms with E-state index in [1.54, 1.807) is 19.1 Å². The predicted octanol–water partition coefficient (Wildman–Crippen LogP) is 5.68. The fourth-order valence-corrected chi connectivity index (χ4v) is 5.46. The number of aromatic nitrogens is 3. The van der Waals surface area contributed by atoms with Crippen LogP contribution < -0.4 is 4.90 Å². The summed E-state index contributed by atoms with van der Waals surface area (Å²) in [7, 11) is 0. The molecule has 178 valence electrons. The molecule has 3 aromatic heterocycles. The van der Waals surface area contributed by atoms with Gasteiger partial charge in [0.05, 0.1) is 33.4 Å². The smallest absolute Gasteiger partial charge is 0.296 e. The number of ketones is 1. The van der Waals surface area contributed by atoms with Crippen LogP contribution in [0, 0.1) is 13.8 Å². The maximum absolute atomic E-state index is 13.9. The van der Waals surface area contributed by atoms with Gasteiger partial charge in [-0.15, -0.1) is 11.3 Å². The molecule has 4 heterocycles. The molecule has 1 aliphatic heterocycles. The van der Waals surface area contributed by atoms with Crippen LogP contribution in [-0.2, 0) is 4.79 Å². The third-order valence-electron chi connectivity index (χ3n) is 6.14. The molecule has 0 radical (unpaired) electrons. The number of aliphatic hydroxyl groups is 1. The lowest BCUT2D eigenvalue weighted by atomic mass is 10.00. The number of benzene rings is 2. The van der Waals surface area contributed by atoms with Gasteiger partial charge < -0.3 is 14.5 Å². The van der Waals surface area contributed by atoms with Crippen molar-refractivity contribution in [1.29, 1.82) is 0 Å². The fourth-order valence-electron chi connectivity index (χ4n) is 4.43. The van der Waals surface area contributed by atoms with Gasteiger partial charge in [-0.3, -0.25) is 14.5 Å². The van der Waals surface area contributed by atoms with E-state index in [2.05, 4.69) is 15.0 Å².